The number of carbonyl (C=O) groups is 2. The number of aryl methyl sites for hydroxylation is 1. The molecule has 0 aliphatic carbocycles. The highest BCUT2D eigenvalue weighted by Gasteiger charge is 2.15. The van der Waals surface area contributed by atoms with Crippen LogP contribution in [0.1, 0.15) is 29.8 Å². The highest BCUT2D eigenvalue weighted by Crippen LogP contribution is 2.21. The average Bonchev–Trinajstić information content (AvgIpc) is 2.66. The first-order chi connectivity index (χ1) is 13.8. The monoisotopic (exact) mass is 395 g/mol. The van der Waals surface area contributed by atoms with E-state index in [0.29, 0.717) is 11.1 Å². The van der Waals surface area contributed by atoms with Crippen LogP contribution in [-0.2, 0) is 4.79 Å². The van der Waals surface area contributed by atoms with Gasteiger partial charge in [0.2, 0.25) is 0 Å². The Hall–Kier alpha value is -3.61. The zero-order valence-corrected chi connectivity index (χ0v) is 16.4. The maximum absolute atomic E-state index is 12.1. The number of benzene rings is 2. The van der Waals surface area contributed by atoms with E-state index >= 15 is 0 Å². The molecule has 0 radical (unpaired) electrons. The molecule has 1 heterocycles. The Balaban J connectivity index is 1.70. The van der Waals surface area contributed by atoms with Crippen LogP contribution in [-0.4, -0.2) is 24.5 Å². The summed E-state index contributed by atoms with van der Waals surface area (Å²) in [7, 11) is 0. The third-order valence-corrected chi connectivity index (χ3v) is 3.98. The van der Waals surface area contributed by atoms with Crippen LogP contribution in [0.3, 0.4) is 0 Å². The molecule has 0 fully saturated rings. The minimum absolute atomic E-state index is 0.0811. The van der Waals surface area contributed by atoms with E-state index in [1.165, 1.54) is 12.1 Å². The summed E-state index contributed by atoms with van der Waals surface area (Å²) < 4.78 is 15.8. The van der Waals surface area contributed by atoms with E-state index < -0.39 is 17.5 Å². The molecule has 0 spiro atoms. The van der Waals surface area contributed by atoms with Gasteiger partial charge in [0, 0.05) is 17.5 Å². The van der Waals surface area contributed by atoms with Gasteiger partial charge in [0.15, 0.2) is 6.61 Å². The fourth-order valence-electron chi connectivity index (χ4n) is 2.59. The zero-order chi connectivity index (χ0) is 21.0. The highest BCUT2D eigenvalue weighted by molar-refractivity contribution is 5.96. The van der Waals surface area contributed by atoms with Crippen LogP contribution in [0.15, 0.2) is 57.7 Å². The number of nitrogens with one attached hydrogen (secondary N) is 1. The van der Waals surface area contributed by atoms with E-state index in [0.717, 1.165) is 5.56 Å². The lowest BCUT2D eigenvalue weighted by atomic mass is 10.1. The third kappa shape index (κ3) is 5.22. The quantitative estimate of drug-likeness (QED) is 0.391. The first-order valence-corrected chi connectivity index (χ1v) is 9.11. The Morgan fingerprint density at radius 3 is 2.41 bits per heavy atom. The molecule has 3 aromatic rings. The van der Waals surface area contributed by atoms with Gasteiger partial charge in [-0.15, -0.1) is 0 Å². The van der Waals surface area contributed by atoms with Gasteiger partial charge in [0.25, 0.3) is 5.91 Å². The molecule has 0 unspecified atom stereocenters. The van der Waals surface area contributed by atoms with Crippen LogP contribution >= 0.6 is 0 Å². The summed E-state index contributed by atoms with van der Waals surface area (Å²) >= 11 is 0. The van der Waals surface area contributed by atoms with Crippen molar-refractivity contribution in [2.45, 2.75) is 26.8 Å². The molecule has 0 saturated carbocycles. The Bertz CT molecular complexity index is 1100. The lowest BCUT2D eigenvalue weighted by Crippen LogP contribution is -2.33. The van der Waals surface area contributed by atoms with Crippen molar-refractivity contribution >= 4 is 22.8 Å². The molecule has 1 N–H and O–H groups in total. The number of amides is 1. The van der Waals surface area contributed by atoms with Gasteiger partial charge < -0.3 is 19.2 Å². The van der Waals surface area contributed by atoms with Crippen LogP contribution in [0, 0.1) is 6.92 Å². The number of hydrogen-bond donors (Lipinski definition) is 1. The molecule has 0 saturated heterocycles. The number of hydrogen-bond acceptors (Lipinski definition) is 6. The molecular formula is C22H21NO6. The summed E-state index contributed by atoms with van der Waals surface area (Å²) in [5, 5.41) is 3.19. The molecular weight excluding hydrogens is 374 g/mol. The molecule has 2 aromatic carbocycles. The molecule has 0 bridgehead atoms. The molecule has 29 heavy (non-hydrogen) atoms. The van der Waals surface area contributed by atoms with Crippen LogP contribution < -0.4 is 20.4 Å². The zero-order valence-electron chi connectivity index (χ0n) is 16.4. The van der Waals surface area contributed by atoms with Crippen molar-refractivity contribution in [1.82, 2.24) is 5.32 Å². The molecule has 1 amide bonds. The van der Waals surface area contributed by atoms with Gasteiger partial charge >= 0.3 is 11.6 Å². The van der Waals surface area contributed by atoms with Gasteiger partial charge in [-0.25, -0.2) is 9.59 Å². The van der Waals surface area contributed by atoms with Crippen LogP contribution in [0.2, 0.25) is 0 Å². The number of carbonyl (C=O) groups excluding carboxylic acids is 2. The molecule has 0 aliphatic rings. The predicted octanol–water partition coefficient (Wildman–Crippen LogP) is 3.22. The summed E-state index contributed by atoms with van der Waals surface area (Å²) in [4.78, 5) is 36.2. The van der Waals surface area contributed by atoms with Crippen LogP contribution in [0.5, 0.6) is 11.5 Å². The van der Waals surface area contributed by atoms with Gasteiger partial charge in [-0.05, 0) is 51.1 Å². The third-order valence-electron chi connectivity index (χ3n) is 3.98. The second kappa shape index (κ2) is 8.60. The number of esters is 1. The van der Waals surface area contributed by atoms with E-state index in [-0.39, 0.29) is 29.5 Å². The summed E-state index contributed by atoms with van der Waals surface area (Å²) in [5.74, 6) is -0.332. The van der Waals surface area contributed by atoms with Gasteiger partial charge in [0.05, 0.1) is 0 Å². The Labute approximate surface area is 167 Å². The predicted molar refractivity (Wildman–Crippen MR) is 107 cm³/mol. The minimum Gasteiger partial charge on any atom is -0.482 e. The number of ether oxygens (including phenoxy) is 2. The maximum atomic E-state index is 12.1. The van der Waals surface area contributed by atoms with E-state index in [9.17, 15) is 14.4 Å². The standard InChI is InChI=1S/C22H21NO6/c1-13(2)23-21(25)18-10-15-6-9-17(11-19(15)29-22(18)26)28-20(24)12-27-16-7-4-14(3)5-8-16/h4-11,13H,12H2,1-3H3,(H,23,25). The Morgan fingerprint density at radius 2 is 1.72 bits per heavy atom. The summed E-state index contributed by atoms with van der Waals surface area (Å²) in [6.07, 6.45) is 0. The van der Waals surface area contributed by atoms with Crippen molar-refractivity contribution in [3.8, 4) is 11.5 Å². The van der Waals surface area contributed by atoms with E-state index in [4.69, 9.17) is 13.9 Å². The van der Waals surface area contributed by atoms with Crippen molar-refractivity contribution in [2.24, 2.45) is 0 Å². The second-order valence-electron chi connectivity index (χ2n) is 6.85. The van der Waals surface area contributed by atoms with Gasteiger partial charge in [-0.3, -0.25) is 4.79 Å². The van der Waals surface area contributed by atoms with Crippen LogP contribution in [0.25, 0.3) is 11.0 Å². The van der Waals surface area contributed by atoms with Crippen molar-refractivity contribution in [3.05, 3.63) is 70.1 Å². The fourth-order valence-corrected chi connectivity index (χ4v) is 2.59. The first-order valence-electron chi connectivity index (χ1n) is 9.11. The molecule has 1 aromatic heterocycles. The molecule has 150 valence electrons. The summed E-state index contributed by atoms with van der Waals surface area (Å²) in [6.45, 7) is 5.28. The van der Waals surface area contributed by atoms with Crippen LogP contribution in [0.4, 0.5) is 0 Å². The largest absolute Gasteiger partial charge is 0.482 e. The highest BCUT2D eigenvalue weighted by atomic mass is 16.6. The summed E-state index contributed by atoms with van der Waals surface area (Å²) in [5.41, 5.74) is 0.451. The molecule has 3 rings (SSSR count). The molecule has 0 atom stereocenters. The second-order valence-corrected chi connectivity index (χ2v) is 6.85. The smallest absolute Gasteiger partial charge is 0.349 e. The lowest BCUT2D eigenvalue weighted by Gasteiger charge is -2.09. The van der Waals surface area contributed by atoms with E-state index in [2.05, 4.69) is 5.32 Å². The van der Waals surface area contributed by atoms with E-state index in [1.807, 2.05) is 19.1 Å². The van der Waals surface area contributed by atoms with E-state index in [1.54, 1.807) is 38.1 Å². The topological polar surface area (TPSA) is 94.8 Å². The molecule has 7 nitrogen and oxygen atoms in total. The first kappa shape index (κ1) is 20.1. The van der Waals surface area contributed by atoms with Gasteiger partial charge in [-0.2, -0.15) is 0 Å². The van der Waals surface area contributed by atoms with Crippen molar-refractivity contribution in [2.75, 3.05) is 6.61 Å². The Kier molecular flexibility index (Phi) is 5.97. The average molecular weight is 395 g/mol. The SMILES string of the molecule is Cc1ccc(OCC(=O)Oc2ccc3cc(C(=O)NC(C)C)c(=O)oc3c2)cc1. The Morgan fingerprint density at radius 1 is 1.03 bits per heavy atom. The number of fused-ring (bicyclic) bond motifs is 1. The number of rotatable bonds is 6. The minimum atomic E-state index is -0.762. The van der Waals surface area contributed by atoms with Crippen molar-refractivity contribution in [1.29, 1.82) is 0 Å². The van der Waals surface area contributed by atoms with Crippen molar-refractivity contribution in [3.63, 3.8) is 0 Å². The van der Waals surface area contributed by atoms with Gasteiger partial charge in [-0.1, -0.05) is 17.7 Å². The fraction of sp³-hybridized carbons (Fsp3) is 0.227. The lowest BCUT2D eigenvalue weighted by molar-refractivity contribution is -0.136. The molecule has 0 aliphatic heterocycles. The maximum Gasteiger partial charge on any atom is 0.349 e. The summed E-state index contributed by atoms with van der Waals surface area (Å²) in [6, 6.07) is 13.2. The van der Waals surface area contributed by atoms with Crippen molar-refractivity contribution < 1.29 is 23.5 Å². The molecule has 7 heteroatoms. The normalized spacial score (nSPS) is 10.8. The van der Waals surface area contributed by atoms with Gasteiger partial charge in [0.1, 0.15) is 22.6 Å².